The molecule has 0 aromatic heterocycles. The fourth-order valence-corrected chi connectivity index (χ4v) is 2.08. The van der Waals surface area contributed by atoms with Gasteiger partial charge in [0.25, 0.3) is 0 Å². The highest BCUT2D eigenvalue weighted by Gasteiger charge is 2.31. The predicted molar refractivity (Wildman–Crippen MR) is 61.5 cm³/mol. The normalized spacial score (nSPS) is 23.9. The zero-order chi connectivity index (χ0) is 11.4. The van der Waals surface area contributed by atoms with E-state index < -0.39 is 0 Å². The van der Waals surface area contributed by atoms with E-state index in [4.69, 9.17) is 5.73 Å². The van der Waals surface area contributed by atoms with Gasteiger partial charge in [-0.25, -0.2) is 0 Å². The quantitative estimate of drug-likeness (QED) is 0.722. The van der Waals surface area contributed by atoms with Crippen LogP contribution in [0, 0.1) is 5.92 Å². The third-order valence-corrected chi connectivity index (χ3v) is 3.14. The van der Waals surface area contributed by atoms with Crippen molar-refractivity contribution in [1.82, 2.24) is 9.80 Å². The van der Waals surface area contributed by atoms with Gasteiger partial charge in [0.2, 0.25) is 5.91 Å². The molecule has 0 bridgehead atoms. The zero-order valence-electron chi connectivity index (χ0n) is 10.1. The molecule has 15 heavy (non-hydrogen) atoms. The molecule has 4 nitrogen and oxygen atoms in total. The molecule has 1 heterocycles. The Kier molecular flexibility index (Phi) is 4.54. The molecule has 88 valence electrons. The lowest BCUT2D eigenvalue weighted by molar-refractivity contribution is -0.139. The third-order valence-electron chi connectivity index (χ3n) is 3.14. The molecular formula is C11H23N3O. The molecule has 0 saturated carbocycles. The van der Waals surface area contributed by atoms with Gasteiger partial charge in [-0.2, -0.15) is 0 Å². The van der Waals surface area contributed by atoms with Gasteiger partial charge in [0, 0.05) is 19.6 Å². The first-order chi connectivity index (χ1) is 7.06. The molecule has 1 aliphatic rings. The molecule has 2 N–H and O–H groups in total. The predicted octanol–water partition coefficient (Wildman–Crippen LogP) is 0.134. The zero-order valence-corrected chi connectivity index (χ0v) is 10.1. The van der Waals surface area contributed by atoms with Crippen LogP contribution in [0.15, 0.2) is 0 Å². The second-order valence-electron chi connectivity index (χ2n) is 4.69. The minimum atomic E-state index is 0.233. The fourth-order valence-electron chi connectivity index (χ4n) is 2.08. The Bertz CT molecular complexity index is 218. The number of nitrogens with two attached hydrogens (primary N) is 1. The summed E-state index contributed by atoms with van der Waals surface area (Å²) in [4.78, 5) is 15.9. The monoisotopic (exact) mass is 213 g/mol. The third kappa shape index (κ3) is 3.18. The average molecular weight is 213 g/mol. The number of likely N-dealkylation sites (N-methyl/N-ethyl adjacent to an activating group) is 1. The van der Waals surface area contributed by atoms with E-state index in [0.29, 0.717) is 25.0 Å². The van der Waals surface area contributed by atoms with Crippen molar-refractivity contribution in [1.29, 1.82) is 0 Å². The highest BCUT2D eigenvalue weighted by molar-refractivity contribution is 5.79. The Hall–Kier alpha value is -0.610. The molecular weight excluding hydrogens is 190 g/mol. The molecule has 0 radical (unpaired) electrons. The van der Waals surface area contributed by atoms with Crippen LogP contribution in [0.1, 0.15) is 20.3 Å². The van der Waals surface area contributed by atoms with E-state index in [-0.39, 0.29) is 5.91 Å². The van der Waals surface area contributed by atoms with Gasteiger partial charge in [-0.15, -0.1) is 0 Å². The van der Waals surface area contributed by atoms with E-state index in [1.165, 1.54) is 0 Å². The van der Waals surface area contributed by atoms with Crippen LogP contribution in [-0.2, 0) is 4.79 Å². The van der Waals surface area contributed by atoms with E-state index in [1.54, 1.807) is 0 Å². The van der Waals surface area contributed by atoms with Gasteiger partial charge in [-0.3, -0.25) is 9.69 Å². The van der Waals surface area contributed by atoms with Crippen molar-refractivity contribution in [3.8, 4) is 0 Å². The average Bonchev–Trinajstić information content (AvgIpc) is 2.19. The van der Waals surface area contributed by atoms with Gasteiger partial charge in [0.1, 0.15) is 0 Å². The molecule has 0 spiro atoms. The molecule has 1 amide bonds. The number of hydrogen-bond acceptors (Lipinski definition) is 3. The van der Waals surface area contributed by atoms with E-state index in [2.05, 4.69) is 18.7 Å². The summed E-state index contributed by atoms with van der Waals surface area (Å²) < 4.78 is 0. The minimum absolute atomic E-state index is 0.233. The van der Waals surface area contributed by atoms with E-state index in [1.807, 2.05) is 11.9 Å². The summed E-state index contributed by atoms with van der Waals surface area (Å²) in [5, 5.41) is 0. The van der Waals surface area contributed by atoms with E-state index >= 15 is 0 Å². The van der Waals surface area contributed by atoms with Crippen molar-refractivity contribution < 1.29 is 4.79 Å². The lowest BCUT2D eigenvalue weighted by atomic mass is 10.00. The Balaban J connectivity index is 2.54. The lowest BCUT2D eigenvalue weighted by Gasteiger charge is -2.41. The molecule has 1 saturated heterocycles. The summed E-state index contributed by atoms with van der Waals surface area (Å²) in [7, 11) is 1.91. The maximum atomic E-state index is 11.7. The number of hydrogen-bond donors (Lipinski definition) is 1. The topological polar surface area (TPSA) is 49.6 Å². The van der Waals surface area contributed by atoms with Crippen molar-refractivity contribution >= 4 is 5.91 Å². The highest BCUT2D eigenvalue weighted by Crippen LogP contribution is 2.16. The second-order valence-corrected chi connectivity index (χ2v) is 4.69. The van der Waals surface area contributed by atoms with E-state index in [9.17, 15) is 4.79 Å². The van der Waals surface area contributed by atoms with Gasteiger partial charge in [-0.05, 0) is 25.4 Å². The fraction of sp³-hybridized carbons (Fsp3) is 0.909. The van der Waals surface area contributed by atoms with Crippen LogP contribution in [0.2, 0.25) is 0 Å². The molecule has 1 fully saturated rings. The molecule has 0 aromatic carbocycles. The van der Waals surface area contributed by atoms with Crippen LogP contribution in [0.3, 0.4) is 0 Å². The maximum absolute atomic E-state index is 11.7. The largest absolute Gasteiger partial charge is 0.340 e. The summed E-state index contributed by atoms with van der Waals surface area (Å²) in [6.45, 7) is 7.52. The number of piperazine rings is 1. The SMILES string of the molecule is CC(C)C1CN(CCCN)CC(=O)N1C. The molecule has 1 rings (SSSR count). The van der Waals surface area contributed by atoms with Crippen molar-refractivity contribution in [3.05, 3.63) is 0 Å². The number of carbonyl (C=O) groups excluding carboxylic acids is 1. The van der Waals surface area contributed by atoms with Gasteiger partial charge in [0.15, 0.2) is 0 Å². The highest BCUT2D eigenvalue weighted by atomic mass is 16.2. The first-order valence-electron chi connectivity index (χ1n) is 5.74. The van der Waals surface area contributed by atoms with Crippen molar-refractivity contribution in [2.75, 3.05) is 33.2 Å². The van der Waals surface area contributed by atoms with Crippen LogP contribution in [0.4, 0.5) is 0 Å². The smallest absolute Gasteiger partial charge is 0.236 e. The van der Waals surface area contributed by atoms with Crippen LogP contribution >= 0.6 is 0 Å². The van der Waals surface area contributed by atoms with Crippen LogP contribution in [0.5, 0.6) is 0 Å². The maximum Gasteiger partial charge on any atom is 0.236 e. The number of carbonyl (C=O) groups is 1. The number of amides is 1. The minimum Gasteiger partial charge on any atom is -0.340 e. The van der Waals surface area contributed by atoms with Gasteiger partial charge in [0.05, 0.1) is 6.54 Å². The van der Waals surface area contributed by atoms with Crippen LogP contribution in [-0.4, -0.2) is 55.0 Å². The first kappa shape index (κ1) is 12.5. The van der Waals surface area contributed by atoms with Gasteiger partial charge < -0.3 is 10.6 Å². The molecule has 0 aromatic rings. The first-order valence-corrected chi connectivity index (χ1v) is 5.74. The van der Waals surface area contributed by atoms with Crippen LogP contribution in [0.25, 0.3) is 0 Å². The standard InChI is InChI=1S/C11H23N3O/c1-9(2)10-7-14(6-4-5-12)8-11(15)13(10)3/h9-10H,4-8,12H2,1-3H3. The second kappa shape index (κ2) is 5.47. The Labute approximate surface area is 92.4 Å². The Morgan fingerprint density at radius 1 is 1.53 bits per heavy atom. The lowest BCUT2D eigenvalue weighted by Crippen LogP contribution is -2.56. The molecule has 1 atom stereocenters. The van der Waals surface area contributed by atoms with Crippen molar-refractivity contribution in [3.63, 3.8) is 0 Å². The van der Waals surface area contributed by atoms with Gasteiger partial charge >= 0.3 is 0 Å². The molecule has 0 aliphatic carbocycles. The Morgan fingerprint density at radius 2 is 2.20 bits per heavy atom. The van der Waals surface area contributed by atoms with Gasteiger partial charge in [-0.1, -0.05) is 13.8 Å². The van der Waals surface area contributed by atoms with Crippen molar-refractivity contribution in [2.45, 2.75) is 26.3 Å². The van der Waals surface area contributed by atoms with Crippen LogP contribution < -0.4 is 5.73 Å². The summed E-state index contributed by atoms with van der Waals surface area (Å²) in [6, 6.07) is 0.351. The summed E-state index contributed by atoms with van der Waals surface area (Å²) in [5.74, 6) is 0.747. The number of rotatable bonds is 4. The molecule has 4 heteroatoms. The van der Waals surface area contributed by atoms with Crippen molar-refractivity contribution in [2.24, 2.45) is 11.7 Å². The molecule has 1 aliphatic heterocycles. The summed E-state index contributed by atoms with van der Waals surface area (Å²) in [5.41, 5.74) is 5.48. The number of nitrogens with zero attached hydrogens (tertiary/aromatic N) is 2. The van der Waals surface area contributed by atoms with E-state index in [0.717, 1.165) is 19.5 Å². The summed E-state index contributed by atoms with van der Waals surface area (Å²) in [6.07, 6.45) is 0.974. The Morgan fingerprint density at radius 3 is 2.73 bits per heavy atom. The summed E-state index contributed by atoms with van der Waals surface area (Å²) >= 11 is 0. The molecule has 1 unspecified atom stereocenters.